The number of aromatic nitrogens is 1. The van der Waals surface area contributed by atoms with Crippen molar-refractivity contribution >= 4 is 45.9 Å². The summed E-state index contributed by atoms with van der Waals surface area (Å²) in [6.45, 7) is 16.7. The van der Waals surface area contributed by atoms with Crippen LogP contribution in [0.4, 0.5) is 11.4 Å². The van der Waals surface area contributed by atoms with E-state index in [0.717, 1.165) is 56.2 Å². The van der Waals surface area contributed by atoms with E-state index in [-0.39, 0.29) is 41.8 Å². The van der Waals surface area contributed by atoms with E-state index in [1.807, 2.05) is 36.4 Å². The molecule has 2 atom stereocenters. The van der Waals surface area contributed by atoms with Gasteiger partial charge in [0, 0.05) is 115 Å². The topological polar surface area (TPSA) is 171 Å². The lowest BCUT2D eigenvalue weighted by atomic mass is 9.49. The Labute approximate surface area is 354 Å². The number of rotatable bonds is 9. The first-order valence-electron chi connectivity index (χ1n) is 21.3. The van der Waals surface area contributed by atoms with Crippen molar-refractivity contribution in [1.82, 2.24) is 25.4 Å². The smallest absolute Gasteiger partial charge is 0.255 e. The molecular formula is C47H52N8O6. The van der Waals surface area contributed by atoms with E-state index in [9.17, 15) is 29.2 Å². The minimum Gasteiger partial charge on any atom is -0.488 e. The van der Waals surface area contributed by atoms with E-state index in [0.29, 0.717) is 58.3 Å². The quantitative estimate of drug-likeness (QED) is 0.206. The van der Waals surface area contributed by atoms with Gasteiger partial charge in [-0.3, -0.25) is 34.2 Å². The van der Waals surface area contributed by atoms with Crippen LogP contribution in [0.2, 0.25) is 0 Å². The number of ether oxygens (including phenoxy) is 1. The second kappa shape index (κ2) is 15.1. The third-order valence-corrected chi connectivity index (χ3v) is 13.9. The van der Waals surface area contributed by atoms with Crippen molar-refractivity contribution in [3.05, 3.63) is 99.3 Å². The van der Waals surface area contributed by atoms with Crippen molar-refractivity contribution in [3.63, 3.8) is 0 Å². The fourth-order valence-corrected chi connectivity index (χ4v) is 11.0. The number of imide groups is 1. The van der Waals surface area contributed by atoms with E-state index in [4.69, 9.17) is 4.74 Å². The summed E-state index contributed by atoms with van der Waals surface area (Å²) in [6.07, 6.45) is 0.347. The summed E-state index contributed by atoms with van der Waals surface area (Å²) >= 11 is 0. The summed E-state index contributed by atoms with van der Waals surface area (Å²) in [4.78, 5) is 74.6. The highest BCUT2D eigenvalue weighted by atomic mass is 16.5. The molecule has 9 rings (SSSR count). The van der Waals surface area contributed by atoms with Gasteiger partial charge in [0.25, 0.3) is 11.8 Å². The van der Waals surface area contributed by atoms with Crippen molar-refractivity contribution in [2.75, 3.05) is 49.1 Å². The Balaban J connectivity index is 0.757. The van der Waals surface area contributed by atoms with Crippen molar-refractivity contribution in [2.45, 2.75) is 78.2 Å². The van der Waals surface area contributed by atoms with Gasteiger partial charge in [0.05, 0.1) is 11.1 Å². The number of nitriles is 1. The molecule has 0 bridgehead atoms. The second-order valence-corrected chi connectivity index (χ2v) is 18.7. The molecule has 61 heavy (non-hydrogen) atoms. The largest absolute Gasteiger partial charge is 0.488 e. The first-order valence-corrected chi connectivity index (χ1v) is 21.3. The first kappa shape index (κ1) is 40.2. The van der Waals surface area contributed by atoms with Gasteiger partial charge >= 0.3 is 0 Å². The average Bonchev–Trinajstić information content (AvgIpc) is 3.54. The number of H-pyrrole nitrogens is 1. The minimum atomic E-state index is -0.611. The number of carbonyl (C=O) groups excluding carboxylic acids is 4. The molecule has 5 heterocycles. The molecule has 1 aromatic heterocycles. The van der Waals surface area contributed by atoms with Crippen LogP contribution in [0.5, 0.6) is 5.75 Å². The molecule has 316 valence electrons. The zero-order chi connectivity index (χ0) is 43.0. The highest BCUT2D eigenvalue weighted by molar-refractivity contribution is 6.05. The molecule has 14 heteroatoms. The monoisotopic (exact) mass is 824 g/mol. The lowest BCUT2D eigenvalue weighted by molar-refractivity contribution is -0.163. The molecule has 3 aromatic carbocycles. The van der Waals surface area contributed by atoms with E-state index >= 15 is 0 Å². The van der Waals surface area contributed by atoms with Crippen LogP contribution in [-0.4, -0.2) is 102 Å². The van der Waals surface area contributed by atoms with Crippen LogP contribution in [0, 0.1) is 28.1 Å². The molecule has 4 fully saturated rings. The summed E-state index contributed by atoms with van der Waals surface area (Å²) in [5, 5.41) is 15.9. The predicted octanol–water partition coefficient (Wildman–Crippen LogP) is 4.42. The van der Waals surface area contributed by atoms with E-state index < -0.39 is 22.8 Å². The molecular weight excluding hydrogens is 773 g/mol. The second-order valence-electron chi connectivity index (χ2n) is 18.7. The number of amides is 4. The summed E-state index contributed by atoms with van der Waals surface area (Å²) in [5.41, 5.74) is 4.06. The summed E-state index contributed by atoms with van der Waals surface area (Å²) in [6, 6.07) is 22.1. The molecule has 0 spiro atoms. The van der Waals surface area contributed by atoms with Crippen molar-refractivity contribution in [2.24, 2.45) is 16.7 Å². The van der Waals surface area contributed by atoms with Gasteiger partial charge in [-0.15, -0.1) is 0 Å². The Kier molecular flexibility index (Phi) is 9.93. The van der Waals surface area contributed by atoms with Crippen LogP contribution < -0.4 is 30.7 Å². The standard InChI is InChI=1S/C47H52N8O6/c1-27-22-52(23-28-24-53(25-28)33-11-12-34-31(20-33)26-55(43(34)60)36-14-17-39(57)50-42(36)59)18-19-54(27)32-9-6-29(7-10-32)41(58)51-44-46(2,3)45(47(44,4)5)61-37-15-8-30(21-48)40-35(37)13-16-38(56)49-40/h6-13,15-16,20,27-28,36,44-45H,14,17-19,22-26H2,1-5H3,(H,49,56)(H,51,58)(H,50,57,59)/t27-,36?,44?,45?/m0/s1. The Morgan fingerprint density at radius 2 is 1.64 bits per heavy atom. The van der Waals surface area contributed by atoms with E-state index in [2.05, 4.69) is 77.1 Å². The summed E-state index contributed by atoms with van der Waals surface area (Å²) in [5.74, 6) is 0.163. The number of hydrogen-bond donors (Lipinski definition) is 3. The van der Waals surface area contributed by atoms with E-state index in [1.54, 1.807) is 23.1 Å². The van der Waals surface area contributed by atoms with Crippen LogP contribution in [-0.2, 0) is 16.1 Å². The highest BCUT2D eigenvalue weighted by Crippen LogP contribution is 2.56. The first-order chi connectivity index (χ1) is 29.1. The summed E-state index contributed by atoms with van der Waals surface area (Å²) < 4.78 is 6.62. The van der Waals surface area contributed by atoms with Gasteiger partial charge in [-0.1, -0.05) is 27.7 Å². The number of nitrogens with one attached hydrogen (secondary N) is 3. The molecule has 3 saturated heterocycles. The molecule has 4 amide bonds. The number of hydrogen-bond acceptors (Lipinski definition) is 10. The molecule has 1 saturated carbocycles. The zero-order valence-electron chi connectivity index (χ0n) is 35.3. The molecule has 4 aliphatic heterocycles. The Morgan fingerprint density at radius 3 is 2.34 bits per heavy atom. The third kappa shape index (κ3) is 7.08. The van der Waals surface area contributed by atoms with Gasteiger partial charge in [0.2, 0.25) is 17.4 Å². The number of fused-ring (bicyclic) bond motifs is 2. The average molecular weight is 825 g/mol. The highest BCUT2D eigenvalue weighted by Gasteiger charge is 2.64. The molecule has 4 aromatic rings. The normalized spacial score (nSPS) is 24.7. The summed E-state index contributed by atoms with van der Waals surface area (Å²) in [7, 11) is 0. The van der Waals surface area contributed by atoms with Crippen LogP contribution in [0.15, 0.2) is 71.5 Å². The SMILES string of the molecule is C[C@H]1CN(CC2CN(c3ccc4c(c3)CN(C3CCC(=O)NC3=O)C4=O)C2)CCN1c1ccc(C(=O)NC2C(C)(C)C(Oc3ccc(C#N)c4[nH]c(=O)ccc34)C2(C)C)cc1. The maximum Gasteiger partial charge on any atom is 0.255 e. The zero-order valence-corrected chi connectivity index (χ0v) is 35.3. The van der Waals surface area contributed by atoms with Crippen LogP contribution in [0.1, 0.15) is 79.3 Å². The molecule has 14 nitrogen and oxygen atoms in total. The van der Waals surface area contributed by atoms with Gasteiger partial charge in [-0.2, -0.15) is 5.26 Å². The number of aromatic amines is 1. The van der Waals surface area contributed by atoms with Gasteiger partial charge in [0.1, 0.15) is 24.0 Å². The van der Waals surface area contributed by atoms with E-state index in [1.165, 1.54) is 6.07 Å². The van der Waals surface area contributed by atoms with Crippen LogP contribution in [0.25, 0.3) is 10.9 Å². The number of benzene rings is 3. The molecule has 3 N–H and O–H groups in total. The third-order valence-electron chi connectivity index (χ3n) is 13.9. The van der Waals surface area contributed by atoms with Crippen LogP contribution >= 0.6 is 0 Å². The maximum atomic E-state index is 13.7. The number of pyridine rings is 1. The number of piperazine rings is 1. The number of nitrogens with zero attached hydrogens (tertiary/aromatic N) is 5. The van der Waals surface area contributed by atoms with Crippen molar-refractivity contribution in [3.8, 4) is 11.8 Å². The number of piperidine rings is 1. The lowest BCUT2D eigenvalue weighted by Crippen LogP contribution is -2.74. The fourth-order valence-electron chi connectivity index (χ4n) is 11.0. The van der Waals surface area contributed by atoms with Gasteiger partial charge in [-0.05, 0) is 79.6 Å². The van der Waals surface area contributed by atoms with Gasteiger partial charge in [0.15, 0.2) is 0 Å². The minimum absolute atomic E-state index is 0.132. The Morgan fingerprint density at radius 1 is 0.902 bits per heavy atom. The lowest BCUT2D eigenvalue weighted by Gasteiger charge is -2.63. The van der Waals surface area contributed by atoms with Crippen LogP contribution in [0.3, 0.4) is 0 Å². The fraction of sp³-hybridized carbons (Fsp3) is 0.447. The molecule has 0 radical (unpaired) electrons. The molecule has 5 aliphatic rings. The Hall–Kier alpha value is -6.20. The van der Waals surface area contributed by atoms with Gasteiger partial charge < -0.3 is 29.7 Å². The molecule has 1 aliphatic carbocycles. The maximum absolute atomic E-state index is 13.7. The molecule has 1 unspecified atom stereocenters. The van der Waals surface area contributed by atoms with Crippen molar-refractivity contribution in [1.29, 1.82) is 5.26 Å². The number of carbonyl (C=O) groups is 4. The van der Waals surface area contributed by atoms with Crippen molar-refractivity contribution < 1.29 is 23.9 Å². The Bertz CT molecular complexity index is 2540. The number of anilines is 2. The predicted molar refractivity (Wildman–Crippen MR) is 230 cm³/mol. The van der Waals surface area contributed by atoms with Gasteiger partial charge in [-0.25, -0.2) is 0 Å².